The Labute approximate surface area is 136 Å². The van der Waals surface area contributed by atoms with Crippen molar-refractivity contribution in [1.82, 2.24) is 0 Å². The molecule has 1 aromatic heterocycles. The second kappa shape index (κ2) is 4.86. The number of aromatic hydroxyl groups is 2. The van der Waals surface area contributed by atoms with E-state index >= 15 is 0 Å². The molecule has 0 bridgehead atoms. The minimum atomic E-state index is -1.19. The number of phenols is 2. The van der Waals surface area contributed by atoms with Gasteiger partial charge in [-0.3, -0.25) is 0 Å². The third-order valence-corrected chi connectivity index (χ3v) is 4.97. The van der Waals surface area contributed by atoms with Gasteiger partial charge in [-0.2, -0.15) is 0 Å². The first-order valence-electron chi connectivity index (χ1n) is 7.02. The van der Waals surface area contributed by atoms with Crippen molar-refractivity contribution in [3.05, 3.63) is 81.5 Å². The van der Waals surface area contributed by atoms with Gasteiger partial charge in [-0.05, 0) is 29.6 Å². The number of carbonyl (C=O) groups excluding carboxylic acids is 1. The molecular weight excluding hydrogens is 312 g/mol. The molecule has 0 saturated carbocycles. The average Bonchev–Trinajstić information content (AvgIpc) is 3.16. The predicted molar refractivity (Wildman–Crippen MR) is 85.8 cm³/mol. The molecule has 0 saturated heterocycles. The molecule has 1 atom stereocenters. The Morgan fingerprint density at radius 3 is 2.52 bits per heavy atom. The van der Waals surface area contributed by atoms with E-state index in [0.29, 0.717) is 16.7 Å². The van der Waals surface area contributed by atoms with Gasteiger partial charge in [0.1, 0.15) is 11.5 Å². The van der Waals surface area contributed by atoms with Gasteiger partial charge in [-0.15, -0.1) is 11.3 Å². The number of fused-ring (bicyclic) bond motifs is 1. The molecule has 1 unspecified atom stereocenters. The van der Waals surface area contributed by atoms with Crippen LogP contribution in [0.15, 0.2) is 60.0 Å². The molecule has 0 radical (unpaired) electrons. The second-order valence-electron chi connectivity index (χ2n) is 5.30. The number of phenolic OH excluding ortho intramolecular Hbond substituents is 2. The van der Waals surface area contributed by atoms with Gasteiger partial charge in [0.25, 0.3) is 0 Å². The van der Waals surface area contributed by atoms with Crippen LogP contribution in [0.2, 0.25) is 0 Å². The summed E-state index contributed by atoms with van der Waals surface area (Å²) in [6.45, 7) is 0. The minimum Gasteiger partial charge on any atom is -0.508 e. The molecule has 2 N–H and O–H groups in total. The van der Waals surface area contributed by atoms with E-state index in [-0.39, 0.29) is 11.5 Å². The molecule has 1 aliphatic rings. The van der Waals surface area contributed by atoms with Crippen LogP contribution in [-0.4, -0.2) is 16.2 Å². The Kier molecular flexibility index (Phi) is 2.92. The quantitative estimate of drug-likeness (QED) is 0.707. The summed E-state index contributed by atoms with van der Waals surface area (Å²) in [4.78, 5) is 13.2. The highest BCUT2D eigenvalue weighted by molar-refractivity contribution is 7.10. The van der Waals surface area contributed by atoms with E-state index in [1.165, 1.54) is 23.5 Å². The molecule has 0 spiro atoms. The van der Waals surface area contributed by atoms with E-state index in [1.54, 1.807) is 18.2 Å². The minimum absolute atomic E-state index is 0.0508. The van der Waals surface area contributed by atoms with Gasteiger partial charge in [-0.25, -0.2) is 4.79 Å². The first-order valence-corrected chi connectivity index (χ1v) is 7.90. The van der Waals surface area contributed by atoms with Crippen LogP contribution in [0.4, 0.5) is 0 Å². The third kappa shape index (κ3) is 1.87. The largest absolute Gasteiger partial charge is 0.508 e. The molecule has 1 aliphatic heterocycles. The van der Waals surface area contributed by atoms with Crippen LogP contribution in [0.5, 0.6) is 11.5 Å². The van der Waals surface area contributed by atoms with Crippen molar-refractivity contribution in [3.8, 4) is 11.5 Å². The normalized spacial score (nSPS) is 19.4. The topological polar surface area (TPSA) is 66.8 Å². The van der Waals surface area contributed by atoms with Crippen LogP contribution < -0.4 is 0 Å². The summed E-state index contributed by atoms with van der Waals surface area (Å²) in [5.41, 5.74) is 0.400. The van der Waals surface area contributed by atoms with Crippen LogP contribution in [0.1, 0.15) is 26.4 Å². The number of benzene rings is 2. The molecular formula is C18H12O4S. The SMILES string of the molecule is O=C1OC(c2cccs2)(c2ccc(O)cc2O)c2ccccc21. The van der Waals surface area contributed by atoms with Crippen molar-refractivity contribution in [1.29, 1.82) is 0 Å². The lowest BCUT2D eigenvalue weighted by Gasteiger charge is -2.29. The number of cyclic esters (lactones) is 1. The van der Waals surface area contributed by atoms with Gasteiger partial charge >= 0.3 is 5.97 Å². The van der Waals surface area contributed by atoms with Gasteiger partial charge < -0.3 is 14.9 Å². The van der Waals surface area contributed by atoms with E-state index in [0.717, 1.165) is 4.88 Å². The van der Waals surface area contributed by atoms with Crippen molar-refractivity contribution in [2.75, 3.05) is 0 Å². The molecule has 114 valence electrons. The highest BCUT2D eigenvalue weighted by atomic mass is 32.1. The Morgan fingerprint density at radius 2 is 1.78 bits per heavy atom. The number of ether oxygens (including phenoxy) is 1. The molecule has 4 rings (SSSR count). The number of hydrogen-bond donors (Lipinski definition) is 2. The number of hydrogen-bond acceptors (Lipinski definition) is 5. The van der Waals surface area contributed by atoms with Crippen molar-refractivity contribution in [2.45, 2.75) is 5.60 Å². The number of carbonyl (C=O) groups is 1. The van der Waals surface area contributed by atoms with E-state index in [4.69, 9.17) is 4.74 Å². The summed E-state index contributed by atoms with van der Waals surface area (Å²) in [6, 6.07) is 15.2. The van der Waals surface area contributed by atoms with Crippen LogP contribution in [0, 0.1) is 0 Å². The summed E-state index contributed by atoms with van der Waals surface area (Å²) >= 11 is 1.44. The first-order chi connectivity index (χ1) is 11.1. The van der Waals surface area contributed by atoms with Crippen molar-refractivity contribution in [3.63, 3.8) is 0 Å². The fraction of sp³-hybridized carbons (Fsp3) is 0.0556. The predicted octanol–water partition coefficient (Wildman–Crippen LogP) is 3.62. The molecule has 23 heavy (non-hydrogen) atoms. The van der Waals surface area contributed by atoms with Crippen LogP contribution in [0.3, 0.4) is 0 Å². The highest BCUT2D eigenvalue weighted by Crippen LogP contribution is 2.51. The molecule has 2 heterocycles. The fourth-order valence-corrected chi connectivity index (χ4v) is 3.92. The van der Waals surface area contributed by atoms with Gasteiger partial charge in [0.15, 0.2) is 0 Å². The Bertz CT molecular complexity index is 901. The standard InChI is InChI=1S/C18H12O4S/c19-11-7-8-14(15(20)10-11)18(16-6-3-9-23-16)13-5-2-1-4-12(13)17(21)22-18/h1-10,19-20H. The Balaban J connectivity index is 2.08. The zero-order chi connectivity index (χ0) is 16.0. The zero-order valence-electron chi connectivity index (χ0n) is 11.9. The number of rotatable bonds is 2. The number of esters is 1. The Morgan fingerprint density at radius 1 is 0.957 bits per heavy atom. The zero-order valence-corrected chi connectivity index (χ0v) is 12.7. The smallest absolute Gasteiger partial charge is 0.340 e. The van der Waals surface area contributed by atoms with Gasteiger partial charge in [0, 0.05) is 17.2 Å². The molecule has 0 aliphatic carbocycles. The maximum Gasteiger partial charge on any atom is 0.340 e. The van der Waals surface area contributed by atoms with Crippen LogP contribution in [-0.2, 0) is 10.3 Å². The van der Waals surface area contributed by atoms with E-state index in [1.807, 2.05) is 29.6 Å². The first kappa shape index (κ1) is 13.8. The lowest BCUT2D eigenvalue weighted by atomic mass is 9.83. The lowest BCUT2D eigenvalue weighted by molar-refractivity contribution is 0.0256. The van der Waals surface area contributed by atoms with E-state index < -0.39 is 11.6 Å². The maximum atomic E-state index is 12.4. The summed E-state index contributed by atoms with van der Waals surface area (Å²) < 4.78 is 5.80. The Hall–Kier alpha value is -2.79. The fourth-order valence-electron chi connectivity index (χ4n) is 3.03. The summed E-state index contributed by atoms with van der Waals surface area (Å²) in [5, 5.41) is 21.9. The molecule has 2 aromatic carbocycles. The summed E-state index contributed by atoms with van der Waals surface area (Å²) in [7, 11) is 0. The van der Waals surface area contributed by atoms with Crippen LogP contribution in [0.25, 0.3) is 0 Å². The second-order valence-corrected chi connectivity index (χ2v) is 6.24. The van der Waals surface area contributed by atoms with Crippen molar-refractivity contribution < 1.29 is 19.7 Å². The molecule has 0 fully saturated rings. The van der Waals surface area contributed by atoms with Crippen molar-refractivity contribution >= 4 is 17.3 Å². The van der Waals surface area contributed by atoms with Gasteiger partial charge in [-0.1, -0.05) is 24.3 Å². The van der Waals surface area contributed by atoms with Crippen molar-refractivity contribution in [2.24, 2.45) is 0 Å². The van der Waals surface area contributed by atoms with Gasteiger partial charge in [0.2, 0.25) is 5.60 Å². The highest BCUT2D eigenvalue weighted by Gasteiger charge is 2.50. The molecule has 0 amide bonds. The van der Waals surface area contributed by atoms with E-state index in [2.05, 4.69) is 0 Å². The van der Waals surface area contributed by atoms with Gasteiger partial charge in [0.05, 0.1) is 10.4 Å². The summed E-state index contributed by atoms with van der Waals surface area (Å²) in [6.07, 6.45) is 0. The monoisotopic (exact) mass is 324 g/mol. The maximum absolute atomic E-state index is 12.4. The lowest BCUT2D eigenvalue weighted by Crippen LogP contribution is -2.28. The molecule has 5 heteroatoms. The molecule has 4 nitrogen and oxygen atoms in total. The summed E-state index contributed by atoms with van der Waals surface area (Å²) in [5.74, 6) is -0.602. The third-order valence-electron chi connectivity index (χ3n) is 4.00. The van der Waals surface area contributed by atoms with Crippen LogP contribution >= 0.6 is 11.3 Å². The van der Waals surface area contributed by atoms with E-state index in [9.17, 15) is 15.0 Å². The molecule has 3 aromatic rings. The average molecular weight is 324 g/mol. The number of thiophene rings is 1.